The highest BCUT2D eigenvalue weighted by Crippen LogP contribution is 2.10. The Morgan fingerprint density at radius 2 is 2.28 bits per heavy atom. The summed E-state index contributed by atoms with van der Waals surface area (Å²) in [5.41, 5.74) is 5.54. The first-order valence-corrected chi connectivity index (χ1v) is 6.25. The number of aromatic nitrogens is 1. The molecule has 0 spiro atoms. The molecule has 1 heterocycles. The van der Waals surface area contributed by atoms with Gasteiger partial charge in [-0.1, -0.05) is 0 Å². The van der Waals surface area contributed by atoms with Gasteiger partial charge in [0, 0.05) is 24.8 Å². The van der Waals surface area contributed by atoms with Crippen molar-refractivity contribution in [2.24, 2.45) is 5.73 Å². The topological polar surface area (TPSA) is 126 Å². The number of hydrogen-bond acceptors (Lipinski definition) is 6. The summed E-state index contributed by atoms with van der Waals surface area (Å²) in [6, 6.07) is -1.11. The molecule has 0 bridgehead atoms. The lowest BCUT2D eigenvalue weighted by atomic mass is 10.2. The molecule has 0 saturated heterocycles. The predicted octanol–water partition coefficient (Wildman–Crippen LogP) is -0.790. The summed E-state index contributed by atoms with van der Waals surface area (Å²) in [7, 11) is 0. The second-order valence-corrected chi connectivity index (χ2v) is 4.48. The molecule has 8 heteroatoms. The van der Waals surface area contributed by atoms with Gasteiger partial charge in [0.05, 0.1) is 5.01 Å². The van der Waals surface area contributed by atoms with Gasteiger partial charge in [-0.2, -0.15) is 0 Å². The van der Waals surface area contributed by atoms with Crippen LogP contribution < -0.4 is 11.1 Å². The van der Waals surface area contributed by atoms with Crippen LogP contribution in [-0.2, 0) is 11.2 Å². The molecule has 1 aromatic heterocycles. The van der Waals surface area contributed by atoms with Gasteiger partial charge in [0.2, 0.25) is 0 Å². The fourth-order valence-corrected chi connectivity index (χ4v) is 2.07. The van der Waals surface area contributed by atoms with Crippen molar-refractivity contribution in [3.8, 4) is 0 Å². The Balaban J connectivity index is 2.64. The average Bonchev–Trinajstić information content (AvgIpc) is 2.77. The summed E-state index contributed by atoms with van der Waals surface area (Å²) in [4.78, 5) is 26.6. The minimum absolute atomic E-state index is 0.0408. The van der Waals surface area contributed by atoms with Crippen molar-refractivity contribution in [3.05, 3.63) is 16.1 Å². The van der Waals surface area contributed by atoms with E-state index in [0.717, 1.165) is 5.01 Å². The second-order valence-electron chi connectivity index (χ2n) is 3.54. The van der Waals surface area contributed by atoms with E-state index in [4.69, 9.17) is 15.9 Å². The number of aliphatic hydroxyl groups is 1. The quantitative estimate of drug-likeness (QED) is 0.516. The Labute approximate surface area is 108 Å². The van der Waals surface area contributed by atoms with Crippen molar-refractivity contribution in [3.63, 3.8) is 0 Å². The smallest absolute Gasteiger partial charge is 0.326 e. The number of carbonyl (C=O) groups is 2. The highest BCUT2D eigenvalue weighted by atomic mass is 32.1. The van der Waals surface area contributed by atoms with E-state index in [1.807, 2.05) is 0 Å². The normalized spacial score (nSPS) is 12.1. The molecule has 1 aromatic rings. The fourth-order valence-electron chi connectivity index (χ4n) is 1.27. The molecule has 0 aromatic carbocycles. The number of rotatable bonds is 7. The SMILES string of the molecule is NCCc1nc(C(=O)N[C@H](CCO)C(=O)O)cs1. The van der Waals surface area contributed by atoms with E-state index < -0.39 is 17.9 Å². The van der Waals surface area contributed by atoms with Crippen molar-refractivity contribution < 1.29 is 19.8 Å². The van der Waals surface area contributed by atoms with Gasteiger partial charge in [-0.05, 0) is 6.54 Å². The Kier molecular flexibility index (Phi) is 5.69. The minimum Gasteiger partial charge on any atom is -0.480 e. The lowest BCUT2D eigenvalue weighted by Crippen LogP contribution is -2.41. The number of thiazole rings is 1. The lowest BCUT2D eigenvalue weighted by molar-refractivity contribution is -0.139. The summed E-state index contributed by atoms with van der Waals surface area (Å²) in [6.07, 6.45) is 0.539. The second kappa shape index (κ2) is 7.04. The third-order valence-corrected chi connectivity index (χ3v) is 3.07. The van der Waals surface area contributed by atoms with Crippen LogP contribution in [-0.4, -0.2) is 46.3 Å². The first kappa shape index (κ1) is 14.6. The Hall–Kier alpha value is -1.51. The van der Waals surface area contributed by atoms with Gasteiger partial charge in [0.25, 0.3) is 5.91 Å². The van der Waals surface area contributed by atoms with Crippen molar-refractivity contribution in [2.45, 2.75) is 18.9 Å². The van der Waals surface area contributed by atoms with Gasteiger partial charge in [-0.25, -0.2) is 9.78 Å². The van der Waals surface area contributed by atoms with Crippen LogP contribution in [0.2, 0.25) is 0 Å². The molecule has 7 nitrogen and oxygen atoms in total. The Bertz CT molecular complexity index is 421. The van der Waals surface area contributed by atoms with Crippen LogP contribution in [0.1, 0.15) is 21.9 Å². The van der Waals surface area contributed by atoms with E-state index in [1.54, 1.807) is 5.38 Å². The number of carbonyl (C=O) groups excluding carboxylic acids is 1. The molecule has 0 saturated carbocycles. The van der Waals surface area contributed by atoms with Gasteiger partial charge in [0.1, 0.15) is 11.7 Å². The first-order chi connectivity index (χ1) is 8.58. The number of nitrogens with zero attached hydrogens (tertiary/aromatic N) is 1. The summed E-state index contributed by atoms with van der Waals surface area (Å²) in [5, 5.41) is 22.1. The Morgan fingerprint density at radius 1 is 1.56 bits per heavy atom. The number of amides is 1. The summed E-state index contributed by atoms with van der Waals surface area (Å²) in [6.45, 7) is 0.129. The van der Waals surface area contributed by atoms with E-state index >= 15 is 0 Å². The monoisotopic (exact) mass is 273 g/mol. The maximum atomic E-state index is 11.7. The number of aliphatic carboxylic acids is 1. The molecular weight excluding hydrogens is 258 g/mol. The van der Waals surface area contributed by atoms with Crippen LogP contribution in [0.5, 0.6) is 0 Å². The van der Waals surface area contributed by atoms with Gasteiger partial charge in [-0.15, -0.1) is 11.3 Å². The molecule has 0 aliphatic rings. The number of nitrogens with two attached hydrogens (primary N) is 1. The van der Waals surface area contributed by atoms with Crippen LogP contribution in [0.25, 0.3) is 0 Å². The van der Waals surface area contributed by atoms with Crippen molar-refractivity contribution >= 4 is 23.2 Å². The van der Waals surface area contributed by atoms with E-state index in [2.05, 4.69) is 10.3 Å². The number of carboxylic acids is 1. The molecule has 0 aliphatic carbocycles. The van der Waals surface area contributed by atoms with E-state index in [1.165, 1.54) is 11.3 Å². The number of hydrogen-bond donors (Lipinski definition) is 4. The van der Waals surface area contributed by atoms with Crippen LogP contribution in [0.3, 0.4) is 0 Å². The highest BCUT2D eigenvalue weighted by Gasteiger charge is 2.21. The fraction of sp³-hybridized carbons (Fsp3) is 0.500. The molecule has 0 fully saturated rings. The zero-order valence-electron chi connectivity index (χ0n) is 9.63. The zero-order valence-corrected chi connectivity index (χ0v) is 10.4. The van der Waals surface area contributed by atoms with E-state index in [-0.39, 0.29) is 18.7 Å². The molecule has 1 amide bonds. The van der Waals surface area contributed by atoms with Gasteiger partial charge < -0.3 is 21.3 Å². The summed E-state index contributed by atoms with van der Waals surface area (Å²) >= 11 is 1.30. The van der Waals surface area contributed by atoms with Crippen molar-refractivity contribution in [2.75, 3.05) is 13.2 Å². The minimum atomic E-state index is -1.19. The average molecular weight is 273 g/mol. The maximum absolute atomic E-state index is 11.7. The molecular formula is C10H15N3O4S. The van der Waals surface area contributed by atoms with Crippen LogP contribution in [0.4, 0.5) is 0 Å². The van der Waals surface area contributed by atoms with E-state index in [0.29, 0.717) is 13.0 Å². The number of carboxylic acid groups (broad SMARTS) is 1. The summed E-state index contributed by atoms with van der Waals surface area (Å²) in [5.74, 6) is -1.75. The van der Waals surface area contributed by atoms with E-state index in [9.17, 15) is 9.59 Å². The summed E-state index contributed by atoms with van der Waals surface area (Å²) < 4.78 is 0. The van der Waals surface area contributed by atoms with Crippen LogP contribution >= 0.6 is 11.3 Å². The molecule has 1 atom stereocenters. The molecule has 5 N–H and O–H groups in total. The molecule has 0 radical (unpaired) electrons. The van der Waals surface area contributed by atoms with Gasteiger partial charge in [-0.3, -0.25) is 4.79 Å². The third kappa shape index (κ3) is 4.06. The lowest BCUT2D eigenvalue weighted by Gasteiger charge is -2.11. The van der Waals surface area contributed by atoms with Crippen molar-refractivity contribution in [1.82, 2.24) is 10.3 Å². The number of aliphatic hydroxyl groups excluding tert-OH is 1. The largest absolute Gasteiger partial charge is 0.480 e. The van der Waals surface area contributed by atoms with Gasteiger partial charge >= 0.3 is 5.97 Å². The molecule has 0 aliphatic heterocycles. The van der Waals surface area contributed by atoms with Crippen LogP contribution in [0, 0.1) is 0 Å². The standard InChI is InChI=1S/C10H15N3O4S/c11-3-1-8-12-7(5-18-8)9(15)13-6(2-4-14)10(16)17/h5-6,14H,1-4,11H2,(H,13,15)(H,16,17)/t6-/m1/s1. The predicted molar refractivity (Wildman–Crippen MR) is 65.5 cm³/mol. The van der Waals surface area contributed by atoms with Gasteiger partial charge in [0.15, 0.2) is 0 Å². The molecule has 18 heavy (non-hydrogen) atoms. The molecule has 100 valence electrons. The van der Waals surface area contributed by atoms with Crippen molar-refractivity contribution in [1.29, 1.82) is 0 Å². The molecule has 1 rings (SSSR count). The highest BCUT2D eigenvalue weighted by molar-refractivity contribution is 7.09. The molecule has 0 unspecified atom stereocenters. The third-order valence-electron chi connectivity index (χ3n) is 2.16. The zero-order chi connectivity index (χ0) is 13.5. The maximum Gasteiger partial charge on any atom is 0.326 e. The van der Waals surface area contributed by atoms with Crippen LogP contribution in [0.15, 0.2) is 5.38 Å². The number of nitrogens with one attached hydrogen (secondary N) is 1. The first-order valence-electron chi connectivity index (χ1n) is 5.37. The Morgan fingerprint density at radius 3 is 2.83 bits per heavy atom.